The number of halogens is 1. The molecule has 0 aliphatic rings. The van der Waals surface area contributed by atoms with Crippen LogP contribution in [0, 0.1) is 18.3 Å². The lowest BCUT2D eigenvalue weighted by molar-refractivity contribution is -0.118. The summed E-state index contributed by atoms with van der Waals surface area (Å²) in [6.07, 6.45) is 0. The van der Waals surface area contributed by atoms with E-state index in [1.807, 2.05) is 25.1 Å². The van der Waals surface area contributed by atoms with Crippen LogP contribution in [0.2, 0.25) is 5.02 Å². The number of hydrogen-bond acceptors (Lipinski definition) is 4. The molecule has 4 nitrogen and oxygen atoms in total. The molecule has 0 spiro atoms. The third-order valence-corrected chi connectivity index (χ3v) is 4.12. The first-order chi connectivity index (χ1) is 11.1. The topological polar surface area (TPSA) is 62.1 Å². The van der Waals surface area contributed by atoms with Gasteiger partial charge in [0.2, 0.25) is 0 Å². The van der Waals surface area contributed by atoms with Crippen LogP contribution in [0.5, 0.6) is 5.75 Å². The lowest BCUT2D eigenvalue weighted by Gasteiger charge is -2.11. The van der Waals surface area contributed by atoms with E-state index >= 15 is 0 Å². The van der Waals surface area contributed by atoms with Gasteiger partial charge in [-0.05, 0) is 42.8 Å². The lowest BCUT2D eigenvalue weighted by Crippen LogP contribution is -2.20. The molecule has 0 heterocycles. The molecule has 2 aromatic rings. The maximum absolute atomic E-state index is 12.1. The van der Waals surface area contributed by atoms with Crippen LogP contribution >= 0.6 is 23.4 Å². The van der Waals surface area contributed by atoms with Gasteiger partial charge in [-0.25, -0.2) is 0 Å². The average molecular weight is 347 g/mol. The number of benzene rings is 2. The van der Waals surface area contributed by atoms with Crippen molar-refractivity contribution in [2.24, 2.45) is 0 Å². The molecule has 0 bridgehead atoms. The summed E-state index contributed by atoms with van der Waals surface area (Å²) in [4.78, 5) is 12.9. The van der Waals surface area contributed by atoms with E-state index in [0.29, 0.717) is 22.2 Å². The van der Waals surface area contributed by atoms with Crippen LogP contribution in [0.15, 0.2) is 47.4 Å². The number of ether oxygens (including phenoxy) is 1. The molecule has 0 atom stereocenters. The fourth-order valence-corrected chi connectivity index (χ4v) is 2.81. The molecule has 0 aliphatic heterocycles. The van der Waals surface area contributed by atoms with Gasteiger partial charge < -0.3 is 10.1 Å². The zero-order chi connectivity index (χ0) is 16.7. The van der Waals surface area contributed by atoms with E-state index in [0.717, 1.165) is 10.5 Å². The molecule has 118 valence electrons. The van der Waals surface area contributed by atoms with Crippen LogP contribution in [0.4, 0.5) is 5.69 Å². The van der Waals surface area contributed by atoms with Crippen LogP contribution in [-0.2, 0) is 4.79 Å². The van der Waals surface area contributed by atoms with E-state index in [-0.39, 0.29) is 12.5 Å². The summed E-state index contributed by atoms with van der Waals surface area (Å²) in [5.74, 6) is 0.689. The minimum absolute atomic E-state index is 0.0975. The highest BCUT2D eigenvalue weighted by molar-refractivity contribution is 7.99. The van der Waals surface area contributed by atoms with Gasteiger partial charge in [-0.3, -0.25) is 4.79 Å². The van der Waals surface area contributed by atoms with Crippen LogP contribution in [0.3, 0.4) is 0 Å². The van der Waals surface area contributed by atoms with E-state index in [1.165, 1.54) is 11.8 Å². The lowest BCUT2D eigenvalue weighted by atomic mass is 10.2. The van der Waals surface area contributed by atoms with E-state index < -0.39 is 0 Å². The highest BCUT2D eigenvalue weighted by atomic mass is 35.5. The predicted octanol–water partition coefficient (Wildman–Crippen LogP) is 4.28. The van der Waals surface area contributed by atoms with Crippen molar-refractivity contribution in [3.63, 3.8) is 0 Å². The number of nitrogens with zero attached hydrogens (tertiary/aromatic N) is 1. The second kappa shape index (κ2) is 8.47. The van der Waals surface area contributed by atoms with Crippen molar-refractivity contribution in [3.8, 4) is 11.8 Å². The SMILES string of the molecule is Cc1cc(Cl)ccc1OCC(=O)Nc1ccccc1SCC#N. The summed E-state index contributed by atoms with van der Waals surface area (Å²) in [7, 11) is 0. The molecule has 0 fully saturated rings. The molecule has 1 N–H and O–H groups in total. The van der Waals surface area contributed by atoms with E-state index in [4.69, 9.17) is 21.6 Å². The summed E-state index contributed by atoms with van der Waals surface area (Å²) >= 11 is 7.26. The Hall–Kier alpha value is -2.16. The minimum atomic E-state index is -0.260. The van der Waals surface area contributed by atoms with Gasteiger partial charge in [0.1, 0.15) is 5.75 Å². The van der Waals surface area contributed by atoms with Crippen LogP contribution < -0.4 is 10.1 Å². The van der Waals surface area contributed by atoms with Crippen LogP contribution in [-0.4, -0.2) is 18.3 Å². The number of anilines is 1. The fraction of sp³-hybridized carbons (Fsp3) is 0.176. The molecule has 2 rings (SSSR count). The largest absolute Gasteiger partial charge is 0.483 e. The van der Waals surface area contributed by atoms with Crippen molar-refractivity contribution in [1.82, 2.24) is 0 Å². The normalized spacial score (nSPS) is 9.96. The number of para-hydroxylation sites is 1. The van der Waals surface area contributed by atoms with E-state index in [1.54, 1.807) is 24.3 Å². The Morgan fingerprint density at radius 3 is 2.87 bits per heavy atom. The van der Waals surface area contributed by atoms with E-state index in [9.17, 15) is 4.79 Å². The average Bonchev–Trinajstić information content (AvgIpc) is 2.53. The van der Waals surface area contributed by atoms with E-state index in [2.05, 4.69) is 11.4 Å². The van der Waals surface area contributed by atoms with Crippen molar-refractivity contribution >= 4 is 35.0 Å². The zero-order valence-corrected chi connectivity index (χ0v) is 14.1. The minimum Gasteiger partial charge on any atom is -0.483 e. The van der Waals surface area contributed by atoms with Crippen LogP contribution in [0.25, 0.3) is 0 Å². The number of hydrogen-bond donors (Lipinski definition) is 1. The van der Waals surface area contributed by atoms with Crippen molar-refractivity contribution in [1.29, 1.82) is 5.26 Å². The first-order valence-corrected chi connectivity index (χ1v) is 8.24. The van der Waals surface area contributed by atoms with Crippen molar-refractivity contribution in [2.45, 2.75) is 11.8 Å². The van der Waals surface area contributed by atoms with Crippen molar-refractivity contribution in [2.75, 3.05) is 17.7 Å². The molecule has 6 heteroatoms. The number of aryl methyl sites for hydroxylation is 1. The molecule has 0 aliphatic carbocycles. The second-order valence-electron chi connectivity index (χ2n) is 4.69. The molecule has 0 radical (unpaired) electrons. The molecule has 2 aromatic carbocycles. The molecule has 0 unspecified atom stereocenters. The first kappa shape index (κ1) is 17.2. The van der Waals surface area contributed by atoms with Crippen LogP contribution in [0.1, 0.15) is 5.56 Å². The van der Waals surface area contributed by atoms with Gasteiger partial charge >= 0.3 is 0 Å². The molecule has 1 amide bonds. The summed E-state index contributed by atoms with van der Waals surface area (Å²) in [5, 5.41) is 12.1. The van der Waals surface area contributed by atoms with Gasteiger partial charge in [0.05, 0.1) is 17.5 Å². The maximum Gasteiger partial charge on any atom is 0.262 e. The number of carbonyl (C=O) groups is 1. The monoisotopic (exact) mass is 346 g/mol. The summed E-state index contributed by atoms with van der Waals surface area (Å²) in [5.41, 5.74) is 1.55. The predicted molar refractivity (Wildman–Crippen MR) is 93.1 cm³/mol. The quantitative estimate of drug-likeness (QED) is 0.793. The van der Waals surface area contributed by atoms with Gasteiger partial charge in [0.15, 0.2) is 6.61 Å². The molecule has 0 saturated carbocycles. The Bertz CT molecular complexity index is 744. The van der Waals surface area contributed by atoms with Gasteiger partial charge in [-0.2, -0.15) is 5.26 Å². The third kappa shape index (κ3) is 5.20. The van der Waals surface area contributed by atoms with Gasteiger partial charge in [-0.1, -0.05) is 23.7 Å². The molecular formula is C17H15ClN2O2S. The van der Waals surface area contributed by atoms with Gasteiger partial charge in [0.25, 0.3) is 5.91 Å². The molecule has 23 heavy (non-hydrogen) atoms. The van der Waals surface area contributed by atoms with Crippen molar-refractivity contribution in [3.05, 3.63) is 53.1 Å². The smallest absolute Gasteiger partial charge is 0.262 e. The number of rotatable bonds is 6. The highest BCUT2D eigenvalue weighted by Crippen LogP contribution is 2.26. The van der Waals surface area contributed by atoms with Crippen molar-refractivity contribution < 1.29 is 9.53 Å². The number of nitriles is 1. The highest BCUT2D eigenvalue weighted by Gasteiger charge is 2.09. The molecule has 0 saturated heterocycles. The van der Waals surface area contributed by atoms with Gasteiger partial charge in [-0.15, -0.1) is 11.8 Å². The number of nitrogens with one attached hydrogen (secondary N) is 1. The maximum atomic E-state index is 12.1. The first-order valence-electron chi connectivity index (χ1n) is 6.87. The Balaban J connectivity index is 1.96. The Morgan fingerprint density at radius 1 is 1.35 bits per heavy atom. The van der Waals surface area contributed by atoms with Gasteiger partial charge in [0, 0.05) is 9.92 Å². The summed E-state index contributed by atoms with van der Waals surface area (Å²) < 4.78 is 5.52. The Morgan fingerprint density at radius 2 is 2.13 bits per heavy atom. The zero-order valence-electron chi connectivity index (χ0n) is 12.5. The Labute approximate surface area is 144 Å². The summed E-state index contributed by atoms with van der Waals surface area (Å²) in [6, 6.07) is 14.7. The Kier molecular flexibility index (Phi) is 6.33. The molecular weight excluding hydrogens is 332 g/mol. The number of amides is 1. The third-order valence-electron chi connectivity index (χ3n) is 2.95. The second-order valence-corrected chi connectivity index (χ2v) is 6.14. The fourth-order valence-electron chi connectivity index (χ4n) is 1.91. The number of carbonyl (C=O) groups excluding carboxylic acids is 1. The molecule has 0 aromatic heterocycles. The number of thioether (sulfide) groups is 1. The standard InChI is InChI=1S/C17H15ClN2O2S/c1-12-10-13(18)6-7-15(12)22-11-17(21)20-14-4-2-3-5-16(14)23-9-8-19/h2-7,10H,9,11H2,1H3,(H,20,21). The summed E-state index contributed by atoms with van der Waals surface area (Å²) in [6.45, 7) is 1.77.